The summed E-state index contributed by atoms with van der Waals surface area (Å²) in [7, 11) is -4.04. The summed E-state index contributed by atoms with van der Waals surface area (Å²) in [6.45, 7) is -0.510. The SMILES string of the molecule is O=C1CN(S(=O)(=O)c2cccc3cccnc23)CC(=O)N1CCc1ccccc1. The molecule has 0 N–H and O–H groups in total. The molecule has 0 saturated carbocycles. The van der Waals surface area contributed by atoms with Crippen molar-refractivity contribution in [2.45, 2.75) is 11.3 Å². The number of carbonyl (C=O) groups is 2. The Morgan fingerprint density at radius 3 is 2.28 bits per heavy atom. The zero-order valence-corrected chi connectivity index (χ0v) is 16.4. The molecule has 3 aromatic rings. The molecule has 148 valence electrons. The average Bonchev–Trinajstić information content (AvgIpc) is 2.73. The van der Waals surface area contributed by atoms with Crippen LogP contribution in [-0.4, -0.2) is 54.1 Å². The lowest BCUT2D eigenvalue weighted by atomic mass is 10.1. The predicted octanol–water partition coefficient (Wildman–Crippen LogP) is 1.84. The van der Waals surface area contributed by atoms with Crippen molar-refractivity contribution in [3.05, 3.63) is 72.4 Å². The first-order chi connectivity index (χ1) is 14.0. The number of amides is 2. The third kappa shape index (κ3) is 3.76. The highest BCUT2D eigenvalue weighted by Crippen LogP contribution is 2.25. The summed E-state index contributed by atoms with van der Waals surface area (Å²) < 4.78 is 27.2. The monoisotopic (exact) mass is 409 g/mol. The topological polar surface area (TPSA) is 87.6 Å². The molecule has 2 heterocycles. The van der Waals surface area contributed by atoms with Crippen molar-refractivity contribution in [1.29, 1.82) is 0 Å². The fourth-order valence-electron chi connectivity index (χ4n) is 3.40. The molecular weight excluding hydrogens is 390 g/mol. The lowest BCUT2D eigenvalue weighted by Gasteiger charge is -2.32. The molecular formula is C21H19N3O4S. The molecule has 1 aromatic heterocycles. The second-order valence-electron chi connectivity index (χ2n) is 6.78. The summed E-state index contributed by atoms with van der Waals surface area (Å²) in [4.78, 5) is 30.4. The maximum Gasteiger partial charge on any atom is 0.246 e. The number of piperazine rings is 1. The fraction of sp³-hybridized carbons (Fsp3) is 0.190. The minimum absolute atomic E-state index is 0.00562. The molecule has 1 saturated heterocycles. The van der Waals surface area contributed by atoms with Gasteiger partial charge in [0.05, 0.1) is 18.6 Å². The molecule has 4 rings (SSSR count). The van der Waals surface area contributed by atoms with Crippen molar-refractivity contribution >= 4 is 32.7 Å². The first kappa shape index (κ1) is 19.2. The number of fused-ring (bicyclic) bond motifs is 1. The van der Waals surface area contributed by atoms with E-state index in [-0.39, 0.29) is 24.5 Å². The van der Waals surface area contributed by atoms with Crippen molar-refractivity contribution < 1.29 is 18.0 Å². The quantitative estimate of drug-likeness (QED) is 0.600. The van der Waals surface area contributed by atoms with Gasteiger partial charge in [0.25, 0.3) is 0 Å². The van der Waals surface area contributed by atoms with Gasteiger partial charge in [0.2, 0.25) is 21.8 Å². The van der Waals surface area contributed by atoms with E-state index in [4.69, 9.17) is 0 Å². The van der Waals surface area contributed by atoms with E-state index in [0.717, 1.165) is 14.8 Å². The van der Waals surface area contributed by atoms with Gasteiger partial charge in [0.15, 0.2) is 0 Å². The number of para-hydroxylation sites is 1. The smallest absolute Gasteiger partial charge is 0.246 e. The van der Waals surface area contributed by atoms with E-state index < -0.39 is 21.8 Å². The van der Waals surface area contributed by atoms with Crippen LogP contribution in [0.5, 0.6) is 0 Å². The number of pyridine rings is 1. The van der Waals surface area contributed by atoms with Crippen LogP contribution in [0.4, 0.5) is 0 Å². The zero-order valence-electron chi connectivity index (χ0n) is 15.6. The van der Waals surface area contributed by atoms with Crippen molar-refractivity contribution in [2.24, 2.45) is 0 Å². The molecule has 1 aliphatic rings. The third-order valence-corrected chi connectivity index (χ3v) is 6.73. The van der Waals surface area contributed by atoms with Crippen LogP contribution in [0.3, 0.4) is 0 Å². The largest absolute Gasteiger partial charge is 0.280 e. The van der Waals surface area contributed by atoms with Crippen LogP contribution in [0.25, 0.3) is 10.9 Å². The molecule has 0 atom stereocenters. The van der Waals surface area contributed by atoms with Gasteiger partial charge in [-0.05, 0) is 24.1 Å². The highest BCUT2D eigenvalue weighted by molar-refractivity contribution is 7.89. The molecule has 1 fully saturated rings. The summed E-state index contributed by atoms with van der Waals surface area (Å²) in [6, 6.07) is 17.8. The van der Waals surface area contributed by atoms with Gasteiger partial charge in [-0.25, -0.2) is 8.42 Å². The Balaban J connectivity index is 1.55. The fourth-order valence-corrected chi connectivity index (χ4v) is 4.90. The summed E-state index contributed by atoms with van der Waals surface area (Å²) in [5, 5.41) is 0.674. The number of carbonyl (C=O) groups excluding carboxylic acids is 2. The van der Waals surface area contributed by atoms with Crippen LogP contribution in [0.15, 0.2) is 71.8 Å². The van der Waals surface area contributed by atoms with Crippen molar-refractivity contribution in [3.8, 4) is 0 Å². The molecule has 0 aliphatic carbocycles. The molecule has 7 nitrogen and oxygen atoms in total. The second-order valence-corrected chi connectivity index (χ2v) is 8.69. The summed E-state index contributed by atoms with van der Waals surface area (Å²) in [6.07, 6.45) is 2.04. The standard InChI is InChI=1S/C21H19N3O4S/c25-19-14-23(15-20(26)24(19)13-11-16-6-2-1-3-7-16)29(27,28)18-10-4-8-17-9-5-12-22-21(17)18/h1-10,12H,11,13-15H2. The van der Waals surface area contributed by atoms with Crippen molar-refractivity contribution in [1.82, 2.24) is 14.2 Å². The minimum atomic E-state index is -4.04. The average molecular weight is 409 g/mol. The number of aromatic nitrogens is 1. The number of nitrogens with zero attached hydrogens (tertiary/aromatic N) is 3. The summed E-state index contributed by atoms with van der Waals surface area (Å²) in [5.74, 6) is -1.04. The third-order valence-electron chi connectivity index (χ3n) is 4.91. The van der Waals surface area contributed by atoms with Crippen LogP contribution in [-0.2, 0) is 26.0 Å². The number of rotatable bonds is 5. The van der Waals surface area contributed by atoms with Gasteiger partial charge >= 0.3 is 0 Å². The maximum absolute atomic E-state index is 13.1. The Hall–Kier alpha value is -3.10. The Labute approximate surface area is 168 Å². The van der Waals surface area contributed by atoms with E-state index in [2.05, 4.69) is 4.98 Å². The Morgan fingerprint density at radius 1 is 0.862 bits per heavy atom. The Kier molecular flexibility index (Phi) is 5.12. The van der Waals surface area contributed by atoms with Gasteiger partial charge in [-0.1, -0.05) is 48.5 Å². The molecule has 0 unspecified atom stereocenters. The van der Waals surface area contributed by atoms with Gasteiger partial charge in [-0.2, -0.15) is 4.31 Å². The van der Waals surface area contributed by atoms with Crippen molar-refractivity contribution in [2.75, 3.05) is 19.6 Å². The zero-order chi connectivity index (χ0) is 20.4. The van der Waals surface area contributed by atoms with Gasteiger partial charge < -0.3 is 0 Å². The molecule has 2 amide bonds. The van der Waals surface area contributed by atoms with E-state index in [9.17, 15) is 18.0 Å². The maximum atomic E-state index is 13.1. The number of benzene rings is 2. The van der Waals surface area contributed by atoms with E-state index >= 15 is 0 Å². The number of imide groups is 1. The number of hydrogen-bond acceptors (Lipinski definition) is 5. The number of sulfonamides is 1. The van der Waals surface area contributed by atoms with Crippen LogP contribution in [0.2, 0.25) is 0 Å². The van der Waals surface area contributed by atoms with Crippen LogP contribution < -0.4 is 0 Å². The van der Waals surface area contributed by atoms with E-state index in [1.165, 1.54) is 12.3 Å². The van der Waals surface area contributed by atoms with E-state index in [1.807, 2.05) is 30.3 Å². The lowest BCUT2D eigenvalue weighted by Crippen LogP contribution is -2.55. The molecule has 2 aromatic carbocycles. The molecule has 29 heavy (non-hydrogen) atoms. The van der Waals surface area contributed by atoms with Gasteiger partial charge in [-0.3, -0.25) is 19.5 Å². The predicted molar refractivity (Wildman–Crippen MR) is 107 cm³/mol. The van der Waals surface area contributed by atoms with Crippen LogP contribution in [0.1, 0.15) is 5.56 Å². The van der Waals surface area contributed by atoms with Gasteiger partial charge in [0, 0.05) is 18.1 Å². The van der Waals surface area contributed by atoms with Crippen LogP contribution in [0, 0.1) is 0 Å². The summed E-state index contributed by atoms with van der Waals surface area (Å²) >= 11 is 0. The Bertz CT molecular complexity index is 1160. The van der Waals surface area contributed by atoms with Gasteiger partial charge in [-0.15, -0.1) is 0 Å². The van der Waals surface area contributed by atoms with E-state index in [1.54, 1.807) is 24.3 Å². The molecule has 0 radical (unpaired) electrons. The highest BCUT2D eigenvalue weighted by Gasteiger charge is 2.38. The molecule has 1 aliphatic heterocycles. The lowest BCUT2D eigenvalue weighted by molar-refractivity contribution is -0.149. The normalized spacial score (nSPS) is 15.8. The molecule has 0 spiro atoms. The number of hydrogen-bond donors (Lipinski definition) is 0. The van der Waals surface area contributed by atoms with Crippen molar-refractivity contribution in [3.63, 3.8) is 0 Å². The second kappa shape index (κ2) is 7.73. The molecule has 0 bridgehead atoms. The first-order valence-electron chi connectivity index (χ1n) is 9.18. The van der Waals surface area contributed by atoms with Gasteiger partial charge in [0.1, 0.15) is 4.90 Å². The first-order valence-corrected chi connectivity index (χ1v) is 10.6. The highest BCUT2D eigenvalue weighted by atomic mass is 32.2. The van der Waals surface area contributed by atoms with E-state index in [0.29, 0.717) is 17.3 Å². The summed E-state index contributed by atoms with van der Waals surface area (Å²) in [5.41, 5.74) is 1.33. The van der Waals surface area contributed by atoms with Crippen LogP contribution >= 0.6 is 0 Å². The minimum Gasteiger partial charge on any atom is -0.280 e. The Morgan fingerprint density at radius 2 is 1.55 bits per heavy atom. The molecule has 8 heteroatoms.